The molecule has 0 aromatic heterocycles. The van der Waals surface area contributed by atoms with Crippen LogP contribution in [0.5, 0.6) is 0 Å². The Hall–Kier alpha value is -2.43. The minimum absolute atomic E-state index is 0.00166. The molecule has 0 heterocycles. The number of halogens is 2. The molecule has 0 bridgehead atoms. The van der Waals surface area contributed by atoms with Crippen molar-refractivity contribution in [1.82, 2.24) is 0 Å². The van der Waals surface area contributed by atoms with Crippen LogP contribution in [0.1, 0.15) is 5.56 Å². The molecule has 0 aliphatic heterocycles. The smallest absolute Gasteiger partial charge is 0.243 e. The van der Waals surface area contributed by atoms with Crippen molar-refractivity contribution in [2.75, 3.05) is 17.2 Å². The second kappa shape index (κ2) is 6.14. The highest BCUT2D eigenvalue weighted by molar-refractivity contribution is 5.93. The van der Waals surface area contributed by atoms with Crippen LogP contribution >= 0.6 is 0 Å². The van der Waals surface area contributed by atoms with Crippen molar-refractivity contribution in [3.63, 3.8) is 0 Å². The molecule has 0 saturated carbocycles. The average molecular weight is 276 g/mol. The summed E-state index contributed by atoms with van der Waals surface area (Å²) < 4.78 is 26.0. The lowest BCUT2D eigenvalue weighted by Crippen LogP contribution is -2.22. The third-order valence-corrected chi connectivity index (χ3v) is 2.84. The number of carbonyl (C=O) groups excluding carboxylic acids is 1. The van der Waals surface area contributed by atoms with E-state index in [1.807, 2.05) is 0 Å². The van der Waals surface area contributed by atoms with E-state index in [9.17, 15) is 13.6 Å². The zero-order valence-corrected chi connectivity index (χ0v) is 10.9. The molecular weight excluding hydrogens is 262 g/mol. The van der Waals surface area contributed by atoms with Crippen molar-refractivity contribution < 1.29 is 13.6 Å². The lowest BCUT2D eigenvalue weighted by Gasteiger charge is -2.10. The molecule has 0 unspecified atom stereocenters. The maximum atomic E-state index is 13.3. The van der Waals surface area contributed by atoms with Crippen molar-refractivity contribution in [2.45, 2.75) is 6.92 Å². The third-order valence-electron chi connectivity index (χ3n) is 2.84. The number of amides is 1. The molecule has 2 rings (SSSR count). The summed E-state index contributed by atoms with van der Waals surface area (Å²) >= 11 is 0. The molecular formula is C15H14F2N2O. The Kier molecular flexibility index (Phi) is 4.30. The first-order chi connectivity index (χ1) is 9.56. The van der Waals surface area contributed by atoms with Crippen LogP contribution in [-0.2, 0) is 4.79 Å². The third kappa shape index (κ3) is 3.54. The largest absolute Gasteiger partial charge is 0.376 e. The first-order valence-corrected chi connectivity index (χ1v) is 6.10. The quantitative estimate of drug-likeness (QED) is 0.899. The van der Waals surface area contributed by atoms with Crippen LogP contribution in [0.2, 0.25) is 0 Å². The topological polar surface area (TPSA) is 41.1 Å². The molecule has 0 aliphatic rings. The van der Waals surface area contributed by atoms with E-state index in [2.05, 4.69) is 10.6 Å². The molecule has 2 N–H and O–H groups in total. The number of hydrogen-bond acceptors (Lipinski definition) is 2. The molecule has 104 valence electrons. The first-order valence-electron chi connectivity index (χ1n) is 6.10. The molecule has 0 fully saturated rings. The fourth-order valence-corrected chi connectivity index (χ4v) is 1.71. The van der Waals surface area contributed by atoms with Gasteiger partial charge in [0.1, 0.15) is 11.6 Å². The van der Waals surface area contributed by atoms with Gasteiger partial charge in [-0.05, 0) is 43.3 Å². The number of rotatable bonds is 4. The molecule has 0 atom stereocenters. The standard InChI is InChI=1S/C15H14F2N2O/c1-10-13(17)3-2-4-14(10)18-9-15(20)19-12-7-5-11(16)6-8-12/h2-8,18H,9H2,1H3,(H,19,20). The van der Waals surface area contributed by atoms with Gasteiger partial charge in [0.15, 0.2) is 0 Å². The number of hydrogen-bond donors (Lipinski definition) is 2. The Labute approximate surface area is 115 Å². The van der Waals surface area contributed by atoms with E-state index in [1.54, 1.807) is 19.1 Å². The highest BCUT2D eigenvalue weighted by atomic mass is 19.1. The van der Waals surface area contributed by atoms with Crippen LogP contribution in [0.25, 0.3) is 0 Å². The molecule has 1 amide bonds. The molecule has 0 aliphatic carbocycles. The summed E-state index contributed by atoms with van der Waals surface area (Å²) in [7, 11) is 0. The van der Waals surface area contributed by atoms with Crippen LogP contribution in [-0.4, -0.2) is 12.5 Å². The molecule has 0 radical (unpaired) electrons. The molecule has 20 heavy (non-hydrogen) atoms. The first kappa shape index (κ1) is 14.0. The summed E-state index contributed by atoms with van der Waals surface area (Å²) in [4.78, 5) is 11.7. The van der Waals surface area contributed by atoms with E-state index < -0.39 is 0 Å². The van der Waals surface area contributed by atoms with Gasteiger partial charge in [0.25, 0.3) is 0 Å². The van der Waals surface area contributed by atoms with Crippen LogP contribution < -0.4 is 10.6 Å². The maximum absolute atomic E-state index is 13.3. The van der Waals surface area contributed by atoms with Crippen molar-refractivity contribution in [3.8, 4) is 0 Å². The molecule has 2 aromatic carbocycles. The lowest BCUT2D eigenvalue weighted by molar-refractivity contribution is -0.114. The van der Waals surface area contributed by atoms with Crippen molar-refractivity contribution in [2.24, 2.45) is 0 Å². The summed E-state index contributed by atoms with van der Waals surface area (Å²) in [6.07, 6.45) is 0. The van der Waals surface area contributed by atoms with Gasteiger partial charge in [-0.3, -0.25) is 4.79 Å². The normalized spacial score (nSPS) is 10.2. The fraction of sp³-hybridized carbons (Fsp3) is 0.133. The molecule has 0 saturated heterocycles. The zero-order chi connectivity index (χ0) is 14.5. The van der Waals surface area contributed by atoms with Gasteiger partial charge in [-0.25, -0.2) is 8.78 Å². The van der Waals surface area contributed by atoms with Crippen LogP contribution in [0, 0.1) is 18.6 Å². The second-order valence-electron chi connectivity index (χ2n) is 4.32. The van der Waals surface area contributed by atoms with Crippen LogP contribution in [0.15, 0.2) is 42.5 Å². The average Bonchev–Trinajstić information content (AvgIpc) is 2.43. The van der Waals surface area contributed by atoms with Gasteiger partial charge in [0.05, 0.1) is 6.54 Å². The van der Waals surface area contributed by atoms with Gasteiger partial charge in [-0.1, -0.05) is 6.07 Å². The highest BCUT2D eigenvalue weighted by Gasteiger charge is 2.06. The number of carbonyl (C=O) groups is 1. The van der Waals surface area contributed by atoms with Gasteiger partial charge < -0.3 is 10.6 Å². The number of anilines is 2. The van der Waals surface area contributed by atoms with Gasteiger partial charge >= 0.3 is 0 Å². The Bertz CT molecular complexity index is 612. The van der Waals surface area contributed by atoms with Crippen molar-refractivity contribution in [3.05, 3.63) is 59.7 Å². The van der Waals surface area contributed by atoms with Crippen molar-refractivity contribution >= 4 is 17.3 Å². The number of benzene rings is 2. The van der Waals surface area contributed by atoms with Gasteiger partial charge in [-0.15, -0.1) is 0 Å². The van der Waals surface area contributed by atoms with E-state index in [-0.39, 0.29) is 24.1 Å². The monoisotopic (exact) mass is 276 g/mol. The highest BCUT2D eigenvalue weighted by Crippen LogP contribution is 2.17. The van der Waals surface area contributed by atoms with E-state index in [0.29, 0.717) is 16.9 Å². The minimum Gasteiger partial charge on any atom is -0.376 e. The zero-order valence-electron chi connectivity index (χ0n) is 10.9. The predicted octanol–water partition coefficient (Wildman–Crippen LogP) is 3.32. The van der Waals surface area contributed by atoms with Crippen LogP contribution in [0.4, 0.5) is 20.2 Å². The van der Waals surface area contributed by atoms with Crippen molar-refractivity contribution in [1.29, 1.82) is 0 Å². The minimum atomic E-state index is -0.364. The second-order valence-corrected chi connectivity index (χ2v) is 4.32. The summed E-state index contributed by atoms with van der Waals surface area (Å²) in [6, 6.07) is 10.1. The Morgan fingerprint density at radius 2 is 1.80 bits per heavy atom. The fourth-order valence-electron chi connectivity index (χ4n) is 1.71. The van der Waals surface area contributed by atoms with E-state index >= 15 is 0 Å². The van der Waals surface area contributed by atoms with Gasteiger partial charge in [0, 0.05) is 16.9 Å². The number of nitrogens with one attached hydrogen (secondary N) is 2. The predicted molar refractivity (Wildman–Crippen MR) is 74.7 cm³/mol. The maximum Gasteiger partial charge on any atom is 0.243 e. The van der Waals surface area contributed by atoms with E-state index in [4.69, 9.17) is 0 Å². The Morgan fingerprint density at radius 3 is 2.50 bits per heavy atom. The summed E-state index contributed by atoms with van der Waals surface area (Å²) in [5.74, 6) is -0.981. The van der Waals surface area contributed by atoms with Gasteiger partial charge in [-0.2, -0.15) is 0 Å². The SMILES string of the molecule is Cc1c(F)cccc1NCC(=O)Nc1ccc(F)cc1. The summed E-state index contributed by atoms with van der Waals surface area (Å²) in [5, 5.41) is 5.47. The Balaban J connectivity index is 1.92. The molecule has 0 spiro atoms. The molecule has 5 heteroatoms. The summed E-state index contributed by atoms with van der Waals surface area (Å²) in [6.45, 7) is 1.64. The molecule has 2 aromatic rings. The van der Waals surface area contributed by atoms with E-state index in [1.165, 1.54) is 30.3 Å². The summed E-state index contributed by atoms with van der Waals surface area (Å²) in [5.41, 5.74) is 1.54. The van der Waals surface area contributed by atoms with Crippen LogP contribution in [0.3, 0.4) is 0 Å². The Morgan fingerprint density at radius 1 is 1.10 bits per heavy atom. The molecule has 3 nitrogen and oxygen atoms in total. The van der Waals surface area contributed by atoms with Gasteiger partial charge in [0.2, 0.25) is 5.91 Å². The lowest BCUT2D eigenvalue weighted by atomic mass is 10.2. The van der Waals surface area contributed by atoms with E-state index in [0.717, 1.165) is 0 Å².